The zero-order valence-corrected chi connectivity index (χ0v) is 10.8. The van der Waals surface area contributed by atoms with Gasteiger partial charge in [-0.1, -0.05) is 0 Å². The van der Waals surface area contributed by atoms with Gasteiger partial charge in [0.1, 0.15) is 6.04 Å². The first kappa shape index (κ1) is 15.2. The van der Waals surface area contributed by atoms with Crippen LogP contribution in [0.3, 0.4) is 0 Å². The van der Waals surface area contributed by atoms with Gasteiger partial charge in [-0.2, -0.15) is 0 Å². The Morgan fingerprint density at radius 3 is 2.42 bits per heavy atom. The lowest BCUT2D eigenvalue weighted by molar-refractivity contribution is -0.141. The Morgan fingerprint density at radius 2 is 2.00 bits per heavy atom. The van der Waals surface area contributed by atoms with E-state index in [1.165, 1.54) is 4.90 Å². The Bertz CT molecular complexity index is 352. The van der Waals surface area contributed by atoms with E-state index in [0.717, 1.165) is 0 Å². The lowest BCUT2D eigenvalue weighted by Gasteiger charge is -2.32. The van der Waals surface area contributed by atoms with Crippen LogP contribution in [0, 0.1) is 0 Å². The molecule has 0 aromatic carbocycles. The second-order valence-corrected chi connectivity index (χ2v) is 4.43. The molecule has 8 nitrogen and oxygen atoms in total. The van der Waals surface area contributed by atoms with Gasteiger partial charge in [0, 0.05) is 20.2 Å². The quantitative estimate of drug-likeness (QED) is 0.601. The Morgan fingerprint density at radius 1 is 1.42 bits per heavy atom. The summed E-state index contributed by atoms with van der Waals surface area (Å²) in [5.41, 5.74) is 4.94. The van der Waals surface area contributed by atoms with E-state index in [0.29, 0.717) is 25.9 Å². The van der Waals surface area contributed by atoms with Crippen molar-refractivity contribution in [2.24, 2.45) is 5.73 Å². The maximum atomic E-state index is 11.8. The van der Waals surface area contributed by atoms with Crippen LogP contribution in [-0.4, -0.2) is 60.3 Å². The number of ether oxygens (including phenoxy) is 1. The lowest BCUT2D eigenvalue weighted by atomic mass is 10.1. The molecule has 0 saturated carbocycles. The summed E-state index contributed by atoms with van der Waals surface area (Å²) in [6.45, 7) is 0.987. The fraction of sp³-hybridized carbons (Fsp3) is 0.727. The molecule has 1 rings (SSSR count). The number of nitrogens with one attached hydrogen (secondary N) is 1. The average Bonchev–Trinajstić information content (AvgIpc) is 2.37. The number of amides is 3. The largest absolute Gasteiger partial charge is 0.480 e. The van der Waals surface area contributed by atoms with Crippen LogP contribution in [0.15, 0.2) is 0 Å². The van der Waals surface area contributed by atoms with Crippen LogP contribution in [0.1, 0.15) is 19.3 Å². The Labute approximate surface area is 110 Å². The number of hydrogen-bond acceptors (Lipinski definition) is 4. The zero-order chi connectivity index (χ0) is 14.4. The summed E-state index contributed by atoms with van der Waals surface area (Å²) in [4.78, 5) is 35.0. The van der Waals surface area contributed by atoms with E-state index >= 15 is 0 Å². The fourth-order valence-corrected chi connectivity index (χ4v) is 1.94. The highest BCUT2D eigenvalue weighted by atomic mass is 16.5. The summed E-state index contributed by atoms with van der Waals surface area (Å²) in [5.74, 6) is -2.05. The number of piperidine rings is 1. The number of nitrogens with zero attached hydrogens (tertiary/aromatic N) is 1. The topological polar surface area (TPSA) is 122 Å². The second kappa shape index (κ2) is 6.93. The maximum Gasteiger partial charge on any atom is 0.326 e. The monoisotopic (exact) mass is 273 g/mol. The molecule has 0 unspecified atom stereocenters. The number of primary amides is 1. The summed E-state index contributed by atoms with van der Waals surface area (Å²) >= 11 is 0. The molecule has 4 N–H and O–H groups in total. The van der Waals surface area contributed by atoms with Crippen LogP contribution < -0.4 is 11.1 Å². The van der Waals surface area contributed by atoms with Crippen LogP contribution in [0.5, 0.6) is 0 Å². The van der Waals surface area contributed by atoms with Crippen molar-refractivity contribution < 1.29 is 24.2 Å². The zero-order valence-electron chi connectivity index (χ0n) is 10.8. The minimum Gasteiger partial charge on any atom is -0.480 e. The molecule has 0 aromatic heterocycles. The highest BCUT2D eigenvalue weighted by Crippen LogP contribution is 2.12. The van der Waals surface area contributed by atoms with E-state index in [9.17, 15) is 14.4 Å². The molecule has 1 fully saturated rings. The molecule has 1 atom stereocenters. The van der Waals surface area contributed by atoms with Crippen molar-refractivity contribution in [2.45, 2.75) is 31.4 Å². The predicted octanol–water partition coefficient (Wildman–Crippen LogP) is -0.865. The van der Waals surface area contributed by atoms with Gasteiger partial charge in [-0.05, 0) is 12.8 Å². The van der Waals surface area contributed by atoms with E-state index in [1.807, 2.05) is 0 Å². The van der Waals surface area contributed by atoms with Crippen LogP contribution in [-0.2, 0) is 14.3 Å². The van der Waals surface area contributed by atoms with Gasteiger partial charge in [0.05, 0.1) is 12.5 Å². The number of nitrogens with two attached hydrogens (primary N) is 1. The second-order valence-electron chi connectivity index (χ2n) is 4.43. The molecule has 19 heavy (non-hydrogen) atoms. The van der Waals surface area contributed by atoms with Gasteiger partial charge in [0.15, 0.2) is 0 Å². The predicted molar refractivity (Wildman–Crippen MR) is 65.4 cm³/mol. The number of carboxylic acid groups (broad SMARTS) is 1. The molecule has 8 heteroatoms. The number of hydrogen-bond donors (Lipinski definition) is 3. The molecule has 0 aromatic rings. The first-order valence-electron chi connectivity index (χ1n) is 6.03. The molecule has 0 aliphatic carbocycles. The summed E-state index contributed by atoms with van der Waals surface area (Å²) in [6, 6.07) is -1.78. The number of carbonyl (C=O) groups excluding carboxylic acids is 2. The molecule has 1 saturated heterocycles. The van der Waals surface area contributed by atoms with Crippen molar-refractivity contribution >= 4 is 17.9 Å². The first-order chi connectivity index (χ1) is 8.93. The van der Waals surface area contributed by atoms with Gasteiger partial charge >= 0.3 is 12.0 Å². The third-order valence-corrected chi connectivity index (χ3v) is 3.06. The summed E-state index contributed by atoms with van der Waals surface area (Å²) in [6.07, 6.45) is 1.12. The number of carbonyl (C=O) groups is 3. The molecule has 1 heterocycles. The van der Waals surface area contributed by atoms with Crippen molar-refractivity contribution in [1.82, 2.24) is 10.2 Å². The average molecular weight is 273 g/mol. The highest BCUT2D eigenvalue weighted by Gasteiger charge is 2.27. The van der Waals surface area contributed by atoms with Crippen LogP contribution in [0.2, 0.25) is 0 Å². The van der Waals surface area contributed by atoms with Crippen molar-refractivity contribution in [3.63, 3.8) is 0 Å². The Balaban J connectivity index is 2.48. The SMILES string of the molecule is COC1CCN(C(=O)N[C@@H](CC(N)=O)C(=O)O)CC1. The number of aliphatic carboxylic acids is 1. The van der Waals surface area contributed by atoms with Gasteiger partial charge < -0.3 is 25.8 Å². The Kier molecular flexibility index (Phi) is 5.56. The number of methoxy groups -OCH3 is 1. The van der Waals surface area contributed by atoms with Gasteiger partial charge in [-0.25, -0.2) is 9.59 Å². The third-order valence-electron chi connectivity index (χ3n) is 3.06. The molecule has 0 spiro atoms. The van der Waals surface area contributed by atoms with Gasteiger partial charge in [0.25, 0.3) is 0 Å². The van der Waals surface area contributed by atoms with Gasteiger partial charge in [0.2, 0.25) is 5.91 Å². The van der Waals surface area contributed by atoms with Crippen molar-refractivity contribution in [1.29, 1.82) is 0 Å². The molecule has 3 amide bonds. The number of rotatable bonds is 5. The van der Waals surface area contributed by atoms with Gasteiger partial charge in [-0.3, -0.25) is 4.79 Å². The molecule has 1 aliphatic rings. The lowest BCUT2D eigenvalue weighted by Crippen LogP contribution is -2.51. The molecule has 108 valence electrons. The smallest absolute Gasteiger partial charge is 0.326 e. The summed E-state index contributed by atoms with van der Waals surface area (Å²) < 4.78 is 5.18. The minimum absolute atomic E-state index is 0.130. The van der Waals surface area contributed by atoms with Crippen LogP contribution in [0.25, 0.3) is 0 Å². The number of carboxylic acids is 1. The summed E-state index contributed by atoms with van der Waals surface area (Å²) in [7, 11) is 1.62. The highest BCUT2D eigenvalue weighted by molar-refractivity contribution is 5.87. The first-order valence-corrected chi connectivity index (χ1v) is 6.03. The standard InChI is InChI=1S/C11H19N3O5/c1-19-7-2-4-14(5-3-7)11(18)13-8(10(16)17)6-9(12)15/h7-8H,2-6H2,1H3,(H2,12,15)(H,13,18)(H,16,17)/t8-/m0/s1. The molecule has 1 aliphatic heterocycles. The number of likely N-dealkylation sites (tertiary alicyclic amines) is 1. The van der Waals surface area contributed by atoms with Crippen LogP contribution >= 0.6 is 0 Å². The molecule has 0 radical (unpaired) electrons. The van der Waals surface area contributed by atoms with E-state index in [4.69, 9.17) is 15.6 Å². The van der Waals surface area contributed by atoms with E-state index < -0.39 is 30.4 Å². The molecule has 0 bridgehead atoms. The fourth-order valence-electron chi connectivity index (χ4n) is 1.94. The molecular weight excluding hydrogens is 254 g/mol. The van der Waals surface area contributed by atoms with Crippen molar-refractivity contribution in [3.8, 4) is 0 Å². The Hall–Kier alpha value is -1.83. The third kappa shape index (κ3) is 4.74. The van der Waals surface area contributed by atoms with Crippen molar-refractivity contribution in [2.75, 3.05) is 20.2 Å². The van der Waals surface area contributed by atoms with Crippen LogP contribution in [0.4, 0.5) is 4.79 Å². The van der Waals surface area contributed by atoms with Crippen molar-refractivity contribution in [3.05, 3.63) is 0 Å². The van der Waals surface area contributed by atoms with E-state index in [1.54, 1.807) is 7.11 Å². The summed E-state index contributed by atoms with van der Waals surface area (Å²) in [5, 5.41) is 11.2. The number of urea groups is 1. The maximum absolute atomic E-state index is 11.8. The van der Waals surface area contributed by atoms with Gasteiger partial charge in [-0.15, -0.1) is 0 Å². The van der Waals surface area contributed by atoms with E-state index in [-0.39, 0.29) is 6.10 Å². The van der Waals surface area contributed by atoms with E-state index in [2.05, 4.69) is 5.32 Å². The minimum atomic E-state index is -1.29. The normalized spacial score (nSPS) is 17.8. The molecular formula is C11H19N3O5.